The Bertz CT molecular complexity index is 399. The van der Waals surface area contributed by atoms with E-state index in [1.807, 2.05) is 12.1 Å². The van der Waals surface area contributed by atoms with E-state index in [2.05, 4.69) is 24.1 Å². The standard InChI is InChI=1S/C16H26N2O2/c1-18(10-14-4-6-15(19-2)7-5-14)12-16(11-17)8-3-9-20-13-16/h4-7H,3,8-13,17H2,1-2H3. The van der Waals surface area contributed by atoms with Crippen molar-refractivity contribution >= 4 is 0 Å². The lowest BCUT2D eigenvalue weighted by atomic mass is 9.82. The highest BCUT2D eigenvalue weighted by atomic mass is 16.5. The van der Waals surface area contributed by atoms with Crippen molar-refractivity contribution in [1.29, 1.82) is 0 Å². The van der Waals surface area contributed by atoms with Crippen LogP contribution in [0.1, 0.15) is 18.4 Å². The summed E-state index contributed by atoms with van der Waals surface area (Å²) in [6.45, 7) is 4.27. The molecule has 0 aliphatic carbocycles. The molecule has 4 heteroatoms. The van der Waals surface area contributed by atoms with Crippen LogP contribution < -0.4 is 10.5 Å². The number of hydrogen-bond donors (Lipinski definition) is 1. The number of rotatable bonds is 6. The first-order chi connectivity index (χ1) is 9.67. The Morgan fingerprint density at radius 3 is 2.65 bits per heavy atom. The summed E-state index contributed by atoms with van der Waals surface area (Å²) in [5, 5.41) is 0. The van der Waals surface area contributed by atoms with Crippen molar-refractivity contribution in [3.63, 3.8) is 0 Å². The van der Waals surface area contributed by atoms with Gasteiger partial charge in [0.2, 0.25) is 0 Å². The summed E-state index contributed by atoms with van der Waals surface area (Å²) in [5.41, 5.74) is 7.41. The highest BCUT2D eigenvalue weighted by Gasteiger charge is 2.32. The number of hydrogen-bond acceptors (Lipinski definition) is 4. The second-order valence-corrected chi connectivity index (χ2v) is 5.88. The average Bonchev–Trinajstić information content (AvgIpc) is 2.49. The van der Waals surface area contributed by atoms with Gasteiger partial charge in [-0.05, 0) is 37.6 Å². The first-order valence-corrected chi connectivity index (χ1v) is 7.27. The van der Waals surface area contributed by atoms with Crippen LogP contribution in [0.4, 0.5) is 0 Å². The van der Waals surface area contributed by atoms with E-state index in [4.69, 9.17) is 15.2 Å². The first kappa shape index (κ1) is 15.3. The lowest BCUT2D eigenvalue weighted by molar-refractivity contribution is -0.0192. The van der Waals surface area contributed by atoms with E-state index in [1.54, 1.807) is 7.11 Å². The summed E-state index contributed by atoms with van der Waals surface area (Å²) in [6, 6.07) is 8.24. The van der Waals surface area contributed by atoms with Gasteiger partial charge in [0.25, 0.3) is 0 Å². The molecular formula is C16H26N2O2. The highest BCUT2D eigenvalue weighted by molar-refractivity contribution is 5.27. The van der Waals surface area contributed by atoms with Gasteiger partial charge in [-0.1, -0.05) is 12.1 Å². The maximum atomic E-state index is 5.99. The largest absolute Gasteiger partial charge is 0.497 e. The second-order valence-electron chi connectivity index (χ2n) is 5.88. The number of ether oxygens (including phenoxy) is 2. The molecular weight excluding hydrogens is 252 g/mol. The van der Waals surface area contributed by atoms with Gasteiger partial charge in [-0.25, -0.2) is 0 Å². The molecule has 0 spiro atoms. The Kier molecular flexibility index (Phi) is 5.40. The van der Waals surface area contributed by atoms with Crippen molar-refractivity contribution in [3.05, 3.63) is 29.8 Å². The molecule has 112 valence electrons. The molecule has 1 aromatic carbocycles. The van der Waals surface area contributed by atoms with Crippen molar-refractivity contribution in [3.8, 4) is 5.75 Å². The van der Waals surface area contributed by atoms with Crippen molar-refractivity contribution in [1.82, 2.24) is 4.90 Å². The fourth-order valence-corrected chi connectivity index (χ4v) is 2.93. The molecule has 1 aliphatic rings. The van der Waals surface area contributed by atoms with Crippen LogP contribution in [0.25, 0.3) is 0 Å². The fourth-order valence-electron chi connectivity index (χ4n) is 2.93. The predicted molar refractivity (Wildman–Crippen MR) is 80.9 cm³/mol. The molecule has 4 nitrogen and oxygen atoms in total. The van der Waals surface area contributed by atoms with Gasteiger partial charge >= 0.3 is 0 Å². The molecule has 1 aromatic rings. The Hall–Kier alpha value is -1.10. The summed E-state index contributed by atoms with van der Waals surface area (Å²) in [5.74, 6) is 0.899. The first-order valence-electron chi connectivity index (χ1n) is 7.27. The monoisotopic (exact) mass is 278 g/mol. The van der Waals surface area contributed by atoms with Crippen molar-refractivity contribution in [2.75, 3.05) is 40.5 Å². The van der Waals surface area contributed by atoms with Crippen molar-refractivity contribution < 1.29 is 9.47 Å². The van der Waals surface area contributed by atoms with Gasteiger partial charge in [0.05, 0.1) is 13.7 Å². The smallest absolute Gasteiger partial charge is 0.118 e. The van der Waals surface area contributed by atoms with Gasteiger partial charge in [-0.2, -0.15) is 0 Å². The fraction of sp³-hybridized carbons (Fsp3) is 0.625. The third-order valence-electron chi connectivity index (χ3n) is 4.05. The van der Waals surface area contributed by atoms with Crippen molar-refractivity contribution in [2.24, 2.45) is 11.1 Å². The van der Waals surface area contributed by atoms with Gasteiger partial charge in [0.15, 0.2) is 0 Å². The second kappa shape index (κ2) is 7.07. The van der Waals surface area contributed by atoms with Crippen LogP contribution >= 0.6 is 0 Å². The minimum Gasteiger partial charge on any atom is -0.497 e. The molecule has 1 unspecified atom stereocenters. The molecule has 1 saturated heterocycles. The lowest BCUT2D eigenvalue weighted by Gasteiger charge is -2.39. The van der Waals surface area contributed by atoms with Gasteiger partial charge in [0, 0.05) is 31.7 Å². The summed E-state index contributed by atoms with van der Waals surface area (Å²) < 4.78 is 10.8. The highest BCUT2D eigenvalue weighted by Crippen LogP contribution is 2.28. The zero-order valence-electron chi connectivity index (χ0n) is 12.6. The minimum absolute atomic E-state index is 0.124. The van der Waals surface area contributed by atoms with E-state index < -0.39 is 0 Å². The molecule has 0 bridgehead atoms. The number of methoxy groups -OCH3 is 1. The number of nitrogens with zero attached hydrogens (tertiary/aromatic N) is 1. The maximum absolute atomic E-state index is 5.99. The number of benzene rings is 1. The Balaban J connectivity index is 1.91. The molecule has 2 rings (SSSR count). The molecule has 2 N–H and O–H groups in total. The van der Waals surface area contributed by atoms with Crippen LogP contribution in [0.3, 0.4) is 0 Å². The van der Waals surface area contributed by atoms with Gasteiger partial charge in [-0.3, -0.25) is 0 Å². The number of nitrogens with two attached hydrogens (primary N) is 1. The molecule has 0 aromatic heterocycles. The van der Waals surface area contributed by atoms with E-state index in [-0.39, 0.29) is 5.41 Å². The maximum Gasteiger partial charge on any atom is 0.118 e. The van der Waals surface area contributed by atoms with Crippen LogP contribution in [0, 0.1) is 5.41 Å². The van der Waals surface area contributed by atoms with E-state index in [0.717, 1.165) is 44.9 Å². The molecule has 0 amide bonds. The zero-order chi connectivity index (χ0) is 14.4. The van der Waals surface area contributed by atoms with Crippen LogP contribution in [-0.2, 0) is 11.3 Å². The molecule has 0 radical (unpaired) electrons. The van der Waals surface area contributed by atoms with E-state index in [1.165, 1.54) is 5.56 Å². The van der Waals surface area contributed by atoms with Crippen LogP contribution in [-0.4, -0.2) is 45.4 Å². The van der Waals surface area contributed by atoms with Crippen molar-refractivity contribution in [2.45, 2.75) is 19.4 Å². The SMILES string of the molecule is COc1ccc(CN(C)CC2(CN)CCCOC2)cc1. The Morgan fingerprint density at radius 2 is 2.10 bits per heavy atom. The Labute approximate surface area is 121 Å². The van der Waals surface area contributed by atoms with Gasteiger partial charge < -0.3 is 20.1 Å². The average molecular weight is 278 g/mol. The van der Waals surface area contributed by atoms with Crippen LogP contribution in [0.2, 0.25) is 0 Å². The van der Waals surface area contributed by atoms with Gasteiger partial charge in [0.1, 0.15) is 5.75 Å². The predicted octanol–water partition coefficient (Wildman–Crippen LogP) is 1.88. The van der Waals surface area contributed by atoms with E-state index >= 15 is 0 Å². The van der Waals surface area contributed by atoms with Gasteiger partial charge in [-0.15, -0.1) is 0 Å². The Morgan fingerprint density at radius 1 is 1.35 bits per heavy atom. The molecule has 0 saturated carbocycles. The third kappa shape index (κ3) is 3.95. The molecule has 1 heterocycles. The molecule has 1 fully saturated rings. The molecule has 1 atom stereocenters. The zero-order valence-corrected chi connectivity index (χ0v) is 12.6. The van der Waals surface area contributed by atoms with E-state index in [9.17, 15) is 0 Å². The molecule has 20 heavy (non-hydrogen) atoms. The van der Waals surface area contributed by atoms with E-state index in [0.29, 0.717) is 6.54 Å². The summed E-state index contributed by atoms with van der Waals surface area (Å²) in [6.07, 6.45) is 2.28. The third-order valence-corrected chi connectivity index (χ3v) is 4.05. The lowest BCUT2D eigenvalue weighted by Crippen LogP contribution is -2.46. The summed E-state index contributed by atoms with van der Waals surface area (Å²) in [7, 11) is 3.84. The quantitative estimate of drug-likeness (QED) is 0.863. The topological polar surface area (TPSA) is 47.7 Å². The van der Waals surface area contributed by atoms with Crippen LogP contribution in [0.15, 0.2) is 24.3 Å². The normalized spacial score (nSPS) is 23.0. The summed E-state index contributed by atoms with van der Waals surface area (Å²) in [4.78, 5) is 2.34. The minimum atomic E-state index is 0.124. The summed E-state index contributed by atoms with van der Waals surface area (Å²) >= 11 is 0. The van der Waals surface area contributed by atoms with Crippen LogP contribution in [0.5, 0.6) is 5.75 Å². The molecule has 1 aliphatic heterocycles.